The molecule has 5 heteroatoms. The van der Waals surface area contributed by atoms with E-state index in [0.29, 0.717) is 11.3 Å². The van der Waals surface area contributed by atoms with Crippen molar-refractivity contribution in [1.82, 2.24) is 4.90 Å². The van der Waals surface area contributed by atoms with E-state index in [1.165, 1.54) is 32.1 Å². The van der Waals surface area contributed by atoms with Gasteiger partial charge in [0.25, 0.3) is 0 Å². The predicted octanol–water partition coefficient (Wildman–Crippen LogP) is 2.62. The van der Waals surface area contributed by atoms with Crippen LogP contribution in [0.4, 0.5) is 5.69 Å². The Labute approximate surface area is 143 Å². The van der Waals surface area contributed by atoms with Crippen molar-refractivity contribution < 1.29 is 9.59 Å². The van der Waals surface area contributed by atoms with Crippen molar-refractivity contribution in [2.24, 2.45) is 17.6 Å². The van der Waals surface area contributed by atoms with Crippen LogP contribution < -0.4 is 11.1 Å². The number of carbonyl (C=O) groups excluding carboxylic acids is 2. The molecule has 0 unspecified atom stereocenters. The number of anilines is 1. The van der Waals surface area contributed by atoms with Gasteiger partial charge in [-0.3, -0.25) is 14.5 Å². The van der Waals surface area contributed by atoms with E-state index in [1.807, 2.05) is 6.92 Å². The Morgan fingerprint density at radius 1 is 1.12 bits per heavy atom. The largest absolute Gasteiger partial charge is 0.366 e. The number of nitrogens with one attached hydrogen (secondary N) is 1. The van der Waals surface area contributed by atoms with Gasteiger partial charge in [-0.2, -0.15) is 0 Å². The topological polar surface area (TPSA) is 75.4 Å². The summed E-state index contributed by atoms with van der Waals surface area (Å²) in [5.74, 6) is 1.18. The zero-order chi connectivity index (χ0) is 17.1. The monoisotopic (exact) mass is 329 g/mol. The van der Waals surface area contributed by atoms with Gasteiger partial charge in [-0.05, 0) is 62.4 Å². The molecule has 1 saturated heterocycles. The van der Waals surface area contributed by atoms with Crippen molar-refractivity contribution in [2.75, 3.05) is 18.4 Å². The zero-order valence-electron chi connectivity index (χ0n) is 14.3. The average molecular weight is 329 g/mol. The van der Waals surface area contributed by atoms with Crippen molar-refractivity contribution in [3.05, 3.63) is 29.8 Å². The summed E-state index contributed by atoms with van der Waals surface area (Å²) in [5, 5.41) is 2.94. The van der Waals surface area contributed by atoms with Crippen molar-refractivity contribution in [3.8, 4) is 0 Å². The van der Waals surface area contributed by atoms with Gasteiger partial charge in [-0.15, -0.1) is 0 Å². The molecular formula is C19H27N3O2. The summed E-state index contributed by atoms with van der Waals surface area (Å²) in [4.78, 5) is 26.0. The first-order chi connectivity index (χ1) is 11.5. The Morgan fingerprint density at radius 3 is 2.46 bits per heavy atom. The van der Waals surface area contributed by atoms with Crippen molar-refractivity contribution >= 4 is 17.5 Å². The van der Waals surface area contributed by atoms with Gasteiger partial charge in [0.15, 0.2) is 0 Å². The number of hydrogen-bond donors (Lipinski definition) is 2. The van der Waals surface area contributed by atoms with Crippen LogP contribution in [0, 0.1) is 11.8 Å². The lowest BCUT2D eigenvalue weighted by Crippen LogP contribution is -2.49. The molecule has 1 aromatic carbocycles. The molecule has 1 heterocycles. The maximum absolute atomic E-state index is 12.5. The minimum absolute atomic E-state index is 0.0103. The first-order valence-electron chi connectivity index (χ1n) is 8.99. The van der Waals surface area contributed by atoms with Crippen LogP contribution in [-0.4, -0.2) is 35.8 Å². The van der Waals surface area contributed by atoms with Crippen molar-refractivity contribution in [1.29, 1.82) is 0 Å². The molecule has 2 fully saturated rings. The fourth-order valence-electron chi connectivity index (χ4n) is 4.11. The number of benzene rings is 1. The first kappa shape index (κ1) is 17.0. The van der Waals surface area contributed by atoms with Crippen LogP contribution in [-0.2, 0) is 4.79 Å². The Hall–Kier alpha value is -1.88. The highest BCUT2D eigenvalue weighted by atomic mass is 16.2. The van der Waals surface area contributed by atoms with Gasteiger partial charge in [-0.1, -0.05) is 19.3 Å². The molecule has 0 spiro atoms. The Balaban J connectivity index is 1.57. The zero-order valence-corrected chi connectivity index (χ0v) is 14.3. The van der Waals surface area contributed by atoms with Crippen molar-refractivity contribution in [2.45, 2.75) is 45.1 Å². The molecule has 130 valence electrons. The number of rotatable bonds is 4. The maximum atomic E-state index is 12.5. The van der Waals surface area contributed by atoms with Gasteiger partial charge in [0.2, 0.25) is 11.8 Å². The van der Waals surface area contributed by atoms with Gasteiger partial charge in [0, 0.05) is 17.8 Å². The smallest absolute Gasteiger partial charge is 0.248 e. The van der Waals surface area contributed by atoms with Gasteiger partial charge in [0.05, 0.1) is 6.04 Å². The van der Waals surface area contributed by atoms with Gasteiger partial charge in [-0.25, -0.2) is 0 Å². The van der Waals surface area contributed by atoms with Crippen LogP contribution >= 0.6 is 0 Å². The minimum atomic E-state index is -0.461. The number of nitrogens with two attached hydrogens (primary N) is 1. The normalized spacial score (nSPS) is 25.5. The summed E-state index contributed by atoms with van der Waals surface area (Å²) in [6, 6.07) is 6.58. The maximum Gasteiger partial charge on any atom is 0.248 e. The van der Waals surface area contributed by atoms with Gasteiger partial charge >= 0.3 is 0 Å². The van der Waals surface area contributed by atoms with Gasteiger partial charge in [0.1, 0.15) is 0 Å². The molecule has 3 N–H and O–H groups in total. The van der Waals surface area contributed by atoms with E-state index < -0.39 is 5.91 Å². The Morgan fingerprint density at radius 2 is 1.79 bits per heavy atom. The number of amides is 2. The standard InChI is InChI=1S/C19H27N3O2/c1-13(22-11-10-14-4-2-3-5-16(14)12-22)19(24)21-17-8-6-15(7-9-17)18(20)23/h6-9,13-14,16H,2-5,10-12H2,1H3,(H2,20,23)(H,21,24)/t13-,14-,16+/m0/s1. The average Bonchev–Trinajstić information content (AvgIpc) is 2.61. The van der Waals surface area contributed by atoms with E-state index in [2.05, 4.69) is 10.2 Å². The highest BCUT2D eigenvalue weighted by Gasteiger charge is 2.34. The molecule has 24 heavy (non-hydrogen) atoms. The second-order valence-corrected chi connectivity index (χ2v) is 7.20. The highest BCUT2D eigenvalue weighted by Crippen LogP contribution is 2.36. The number of nitrogens with zero attached hydrogens (tertiary/aromatic N) is 1. The first-order valence-corrected chi connectivity index (χ1v) is 8.99. The summed E-state index contributed by atoms with van der Waals surface area (Å²) in [6.45, 7) is 4.03. The lowest BCUT2D eigenvalue weighted by atomic mass is 9.75. The third kappa shape index (κ3) is 3.78. The molecule has 1 saturated carbocycles. The number of carbonyl (C=O) groups is 2. The van der Waals surface area contributed by atoms with Crippen LogP contribution in [0.5, 0.6) is 0 Å². The van der Waals surface area contributed by atoms with Crippen LogP contribution in [0.15, 0.2) is 24.3 Å². The molecule has 1 aliphatic carbocycles. The van der Waals surface area contributed by atoms with E-state index in [4.69, 9.17) is 5.73 Å². The molecule has 3 atom stereocenters. The summed E-state index contributed by atoms with van der Waals surface area (Å²) >= 11 is 0. The highest BCUT2D eigenvalue weighted by molar-refractivity contribution is 5.96. The Kier molecular flexibility index (Phi) is 5.19. The quantitative estimate of drug-likeness (QED) is 0.891. The van der Waals surface area contributed by atoms with E-state index in [1.54, 1.807) is 24.3 Å². The summed E-state index contributed by atoms with van der Waals surface area (Å²) in [6.07, 6.45) is 6.60. The van der Waals surface area contributed by atoms with Crippen LogP contribution in [0.25, 0.3) is 0 Å². The lowest BCUT2D eigenvalue weighted by molar-refractivity contribution is -0.122. The molecule has 1 aromatic rings. The third-order valence-electron chi connectivity index (χ3n) is 5.69. The molecule has 0 radical (unpaired) electrons. The Bertz CT molecular complexity index is 599. The molecule has 2 aliphatic rings. The van der Waals surface area contributed by atoms with Gasteiger partial charge < -0.3 is 11.1 Å². The second kappa shape index (κ2) is 7.34. The number of piperidine rings is 1. The molecule has 0 bridgehead atoms. The van der Waals surface area contributed by atoms with E-state index >= 15 is 0 Å². The molecule has 1 aliphatic heterocycles. The third-order valence-corrected chi connectivity index (χ3v) is 5.69. The molecule has 5 nitrogen and oxygen atoms in total. The molecular weight excluding hydrogens is 302 g/mol. The van der Waals surface area contributed by atoms with E-state index in [0.717, 1.165) is 24.9 Å². The van der Waals surface area contributed by atoms with Crippen LogP contribution in [0.2, 0.25) is 0 Å². The van der Waals surface area contributed by atoms with Crippen LogP contribution in [0.1, 0.15) is 49.4 Å². The number of hydrogen-bond acceptors (Lipinski definition) is 3. The summed E-state index contributed by atoms with van der Waals surface area (Å²) < 4.78 is 0. The summed E-state index contributed by atoms with van der Waals surface area (Å²) in [7, 11) is 0. The SMILES string of the molecule is C[C@@H](C(=O)Nc1ccc(C(N)=O)cc1)N1CC[C@@H]2CCCC[C@@H]2C1. The fourth-order valence-corrected chi connectivity index (χ4v) is 4.11. The molecule has 2 amide bonds. The number of likely N-dealkylation sites (tertiary alicyclic amines) is 1. The molecule has 3 rings (SSSR count). The fraction of sp³-hybridized carbons (Fsp3) is 0.579. The second-order valence-electron chi connectivity index (χ2n) is 7.20. The number of primary amides is 1. The summed E-state index contributed by atoms with van der Waals surface area (Å²) in [5.41, 5.74) is 6.37. The molecule has 0 aromatic heterocycles. The lowest BCUT2D eigenvalue weighted by Gasteiger charge is -2.43. The van der Waals surface area contributed by atoms with E-state index in [-0.39, 0.29) is 11.9 Å². The minimum Gasteiger partial charge on any atom is -0.366 e. The van der Waals surface area contributed by atoms with Crippen LogP contribution in [0.3, 0.4) is 0 Å². The van der Waals surface area contributed by atoms with E-state index in [9.17, 15) is 9.59 Å². The number of fused-ring (bicyclic) bond motifs is 1. The van der Waals surface area contributed by atoms with Crippen molar-refractivity contribution in [3.63, 3.8) is 0 Å². The predicted molar refractivity (Wildman–Crippen MR) is 94.7 cm³/mol.